The molecule has 0 saturated heterocycles. The van der Waals surface area contributed by atoms with E-state index in [1.54, 1.807) is 16.7 Å². The van der Waals surface area contributed by atoms with Crippen LogP contribution in [0.1, 0.15) is 5.56 Å². The topological polar surface area (TPSA) is 24.1 Å². The Bertz CT molecular complexity index is 487. The molecule has 0 bridgehead atoms. The number of hydrogen-bond donors (Lipinski definition) is 1. The van der Waals surface area contributed by atoms with E-state index < -0.39 is 0 Å². The van der Waals surface area contributed by atoms with Crippen LogP contribution in [0.3, 0.4) is 0 Å². The van der Waals surface area contributed by atoms with Crippen molar-refractivity contribution in [2.24, 2.45) is 0 Å². The summed E-state index contributed by atoms with van der Waals surface area (Å²) in [6, 6.07) is 15.2. The molecule has 0 radical (unpaired) electrons. The third-order valence-corrected chi connectivity index (χ3v) is 2.99. The molecule has 0 unspecified atom stereocenters. The average Bonchev–Trinajstić information content (AvgIpc) is 2.30. The predicted molar refractivity (Wildman–Crippen MR) is 60.0 cm³/mol. The van der Waals surface area contributed by atoms with Crippen molar-refractivity contribution < 1.29 is 22.1 Å². The third kappa shape index (κ3) is 2.70. The molecule has 0 spiro atoms. The van der Waals surface area contributed by atoms with Crippen LogP contribution in [-0.2, 0) is 0 Å². The van der Waals surface area contributed by atoms with E-state index >= 15 is 0 Å². The molecule has 0 aliphatic carbocycles. The van der Waals surface area contributed by atoms with Crippen LogP contribution in [-0.4, -0.2) is 25.2 Å². The summed E-state index contributed by atoms with van der Waals surface area (Å²) in [4.78, 5) is 0. The van der Waals surface area contributed by atoms with E-state index in [0.717, 1.165) is 10.1 Å². The summed E-state index contributed by atoms with van der Waals surface area (Å²) < 4.78 is 2.59. The molecular weight excluding hydrogens is 289 g/mol. The van der Waals surface area contributed by atoms with Crippen molar-refractivity contribution in [2.45, 2.75) is 0 Å². The fourth-order valence-corrected chi connectivity index (χ4v) is 1.94. The van der Waals surface area contributed by atoms with Gasteiger partial charge in [-0.2, -0.15) is 0 Å². The summed E-state index contributed by atoms with van der Waals surface area (Å²) in [5, 5.41) is 9.66. The van der Waals surface area contributed by atoms with E-state index in [2.05, 4.69) is 15.6 Å². The number of aromatic nitrogens is 1. The van der Waals surface area contributed by atoms with Gasteiger partial charge in [0.15, 0.2) is 0 Å². The van der Waals surface area contributed by atoms with Crippen LogP contribution in [0.2, 0.25) is 0 Å². The predicted octanol–water partition coefficient (Wildman–Crippen LogP) is -2.12. The molecule has 0 fully saturated rings. The van der Waals surface area contributed by atoms with E-state index in [-0.39, 0.29) is 18.3 Å². The minimum atomic E-state index is 0. The standard InChI is InChI=1S/C12H9NOSe.ClH/c14-11-8-4-5-9-13(11)12(15)10-6-2-1-3-7-10;/h1-9H;1H. The second kappa shape index (κ2) is 5.80. The molecule has 0 saturated carbocycles. The number of pyridine rings is 1. The van der Waals surface area contributed by atoms with Gasteiger partial charge in [0.05, 0.1) is 0 Å². The smallest absolute Gasteiger partial charge is 1.00 e. The normalized spacial score (nSPS) is 9.25. The first-order chi connectivity index (χ1) is 7.29. The molecule has 0 aliphatic heterocycles. The maximum absolute atomic E-state index is 9.66. The van der Waals surface area contributed by atoms with Crippen molar-refractivity contribution in [1.82, 2.24) is 0 Å². The summed E-state index contributed by atoms with van der Waals surface area (Å²) >= 11 is 2.97. The molecule has 1 aromatic carbocycles. The Morgan fingerprint density at radius 3 is 2.25 bits per heavy atom. The van der Waals surface area contributed by atoms with Crippen LogP contribution in [0.4, 0.5) is 0 Å². The molecule has 0 amide bonds. The Labute approximate surface area is 108 Å². The molecule has 1 aromatic heterocycles. The van der Waals surface area contributed by atoms with Gasteiger partial charge < -0.3 is 12.4 Å². The van der Waals surface area contributed by atoms with Gasteiger partial charge in [0.1, 0.15) is 0 Å². The average molecular weight is 299 g/mol. The molecule has 1 N–H and O–H groups in total. The van der Waals surface area contributed by atoms with Gasteiger partial charge in [-0.25, -0.2) is 0 Å². The summed E-state index contributed by atoms with van der Waals surface area (Å²) in [5.41, 5.74) is 1.05. The summed E-state index contributed by atoms with van der Waals surface area (Å²) in [7, 11) is 0. The summed E-state index contributed by atoms with van der Waals surface area (Å²) in [6.07, 6.45) is 1.81. The van der Waals surface area contributed by atoms with Crippen LogP contribution in [0.5, 0.6) is 5.88 Å². The second-order valence-corrected chi connectivity index (χ2v) is 3.91. The molecule has 16 heavy (non-hydrogen) atoms. The van der Waals surface area contributed by atoms with Gasteiger partial charge in [-0.05, 0) is 0 Å². The molecule has 2 nitrogen and oxygen atoms in total. The van der Waals surface area contributed by atoms with Gasteiger partial charge in [-0.1, -0.05) is 0 Å². The largest absolute Gasteiger partial charge is 1.00 e. The molecule has 2 rings (SSSR count). The number of aromatic hydroxyl groups is 1. The van der Waals surface area contributed by atoms with Gasteiger partial charge in [0, 0.05) is 0 Å². The van der Waals surface area contributed by atoms with Crippen LogP contribution >= 0.6 is 0 Å². The Kier molecular flexibility index (Phi) is 4.69. The van der Waals surface area contributed by atoms with Crippen molar-refractivity contribution in [3.05, 3.63) is 60.3 Å². The van der Waals surface area contributed by atoms with E-state index in [9.17, 15) is 5.11 Å². The SMILES string of the molecule is Oc1cccc[n+]1C(=[Se])c1ccccc1.[Cl-]. The van der Waals surface area contributed by atoms with E-state index in [1.165, 1.54) is 0 Å². The van der Waals surface area contributed by atoms with E-state index in [0.29, 0.717) is 0 Å². The fourth-order valence-electron chi connectivity index (χ4n) is 1.33. The number of rotatable bonds is 2. The number of benzene rings is 1. The number of nitrogens with zero attached hydrogens (tertiary/aromatic N) is 1. The van der Waals surface area contributed by atoms with Gasteiger partial charge in [-0.15, -0.1) is 0 Å². The minimum absolute atomic E-state index is 0. The molecule has 0 aliphatic rings. The van der Waals surface area contributed by atoms with Crippen LogP contribution in [0.15, 0.2) is 54.7 Å². The van der Waals surface area contributed by atoms with Gasteiger partial charge in [-0.3, -0.25) is 0 Å². The molecule has 4 heteroatoms. The van der Waals surface area contributed by atoms with Crippen molar-refractivity contribution in [1.29, 1.82) is 0 Å². The maximum atomic E-state index is 9.66. The number of halogens is 1. The Morgan fingerprint density at radius 2 is 1.62 bits per heavy atom. The summed E-state index contributed by atoms with van der Waals surface area (Å²) in [6.45, 7) is 0. The van der Waals surface area contributed by atoms with Gasteiger partial charge >= 0.3 is 96.0 Å². The first-order valence-electron chi connectivity index (χ1n) is 4.58. The first-order valence-corrected chi connectivity index (χ1v) is 5.44. The van der Waals surface area contributed by atoms with Crippen LogP contribution in [0.25, 0.3) is 0 Å². The van der Waals surface area contributed by atoms with Crippen molar-refractivity contribution >= 4 is 20.1 Å². The van der Waals surface area contributed by atoms with Crippen molar-refractivity contribution in [2.75, 3.05) is 0 Å². The minimum Gasteiger partial charge on any atom is -1.00 e. The zero-order chi connectivity index (χ0) is 10.7. The molecule has 0 atom stereocenters. The fraction of sp³-hybridized carbons (Fsp3) is 0. The Morgan fingerprint density at radius 1 is 1.00 bits per heavy atom. The van der Waals surface area contributed by atoms with Crippen LogP contribution < -0.4 is 17.0 Å². The van der Waals surface area contributed by atoms with Gasteiger partial charge in [0.2, 0.25) is 0 Å². The molecule has 2 aromatic rings. The van der Waals surface area contributed by atoms with Crippen molar-refractivity contribution in [3.8, 4) is 5.88 Å². The molecule has 82 valence electrons. The monoisotopic (exact) mass is 299 g/mol. The second-order valence-electron chi connectivity index (χ2n) is 3.10. The summed E-state index contributed by atoms with van der Waals surface area (Å²) in [5.74, 6) is 0.218. The zero-order valence-corrected chi connectivity index (χ0v) is 10.8. The van der Waals surface area contributed by atoms with Crippen LogP contribution in [0, 0.1) is 0 Å². The quantitative estimate of drug-likeness (QED) is 0.497. The molecule has 1 heterocycles. The zero-order valence-electron chi connectivity index (χ0n) is 8.38. The first kappa shape index (κ1) is 12.9. The maximum Gasteiger partial charge on any atom is -1.00 e. The molecular formula is C12H10ClNOSe. The number of hydrogen-bond acceptors (Lipinski definition) is 1. The Balaban J connectivity index is 0.00000128. The Hall–Kier alpha value is -1.15. The van der Waals surface area contributed by atoms with Crippen molar-refractivity contribution in [3.63, 3.8) is 0 Å². The van der Waals surface area contributed by atoms with E-state index in [1.807, 2.05) is 42.6 Å². The van der Waals surface area contributed by atoms with Gasteiger partial charge in [0.25, 0.3) is 0 Å². The van der Waals surface area contributed by atoms with E-state index in [4.69, 9.17) is 0 Å². The third-order valence-electron chi connectivity index (χ3n) is 2.08.